The summed E-state index contributed by atoms with van der Waals surface area (Å²) in [6.45, 7) is 3.85. The maximum Gasteiger partial charge on any atom is 0.244 e. The van der Waals surface area contributed by atoms with Gasteiger partial charge in [0, 0.05) is 18.8 Å². The van der Waals surface area contributed by atoms with Gasteiger partial charge in [-0.05, 0) is 44.2 Å². The Hall–Kier alpha value is -2.53. The summed E-state index contributed by atoms with van der Waals surface area (Å²) in [7, 11) is 1.97. The van der Waals surface area contributed by atoms with E-state index < -0.39 is 0 Å². The molecule has 136 valence electrons. The lowest BCUT2D eigenvalue weighted by Gasteiger charge is -2.33. The topological polar surface area (TPSA) is 42.0 Å². The lowest BCUT2D eigenvalue weighted by molar-refractivity contribution is -0.123. The fourth-order valence-electron chi connectivity index (χ4n) is 3.61. The number of ether oxygens (including phenoxy) is 2. The monoisotopic (exact) mass is 352 g/mol. The van der Waals surface area contributed by atoms with Crippen LogP contribution in [0.5, 0.6) is 11.5 Å². The van der Waals surface area contributed by atoms with Crippen molar-refractivity contribution in [3.63, 3.8) is 0 Å². The molecule has 0 aromatic heterocycles. The van der Waals surface area contributed by atoms with E-state index in [0.29, 0.717) is 13.2 Å². The summed E-state index contributed by atoms with van der Waals surface area (Å²) in [6.07, 6.45) is 0.838. The minimum Gasteiger partial charge on any atom is -0.486 e. The molecule has 0 saturated carbocycles. The molecular weight excluding hydrogens is 328 g/mol. The summed E-state index contributed by atoms with van der Waals surface area (Å²) in [4.78, 5) is 17.0. The van der Waals surface area contributed by atoms with Crippen LogP contribution >= 0.6 is 0 Å². The maximum absolute atomic E-state index is 13.0. The Kier molecular flexibility index (Phi) is 4.55. The van der Waals surface area contributed by atoms with Gasteiger partial charge in [-0.25, -0.2) is 0 Å². The molecule has 0 fully saturated rings. The van der Waals surface area contributed by atoms with Crippen molar-refractivity contribution in [2.45, 2.75) is 25.5 Å². The third kappa shape index (κ3) is 3.15. The van der Waals surface area contributed by atoms with Gasteiger partial charge in [-0.1, -0.05) is 30.3 Å². The first-order valence-electron chi connectivity index (χ1n) is 9.11. The van der Waals surface area contributed by atoms with Crippen LogP contribution in [0.3, 0.4) is 0 Å². The quantitative estimate of drug-likeness (QED) is 0.849. The van der Waals surface area contributed by atoms with Crippen LogP contribution in [-0.4, -0.2) is 49.7 Å². The molecule has 0 bridgehead atoms. The highest BCUT2D eigenvalue weighted by atomic mass is 16.6. The molecule has 5 heteroatoms. The Morgan fingerprint density at radius 3 is 2.77 bits per heavy atom. The first kappa shape index (κ1) is 16.9. The Balaban J connectivity index is 1.39. The van der Waals surface area contributed by atoms with Crippen LogP contribution in [0.2, 0.25) is 0 Å². The number of benzene rings is 2. The van der Waals surface area contributed by atoms with Crippen LogP contribution in [0.4, 0.5) is 5.69 Å². The molecule has 2 aromatic rings. The Morgan fingerprint density at radius 1 is 1.19 bits per heavy atom. The van der Waals surface area contributed by atoms with Crippen molar-refractivity contribution in [1.82, 2.24) is 4.90 Å². The van der Waals surface area contributed by atoms with E-state index in [1.165, 1.54) is 5.56 Å². The Labute approximate surface area is 154 Å². The number of rotatable bonds is 4. The molecule has 0 saturated heterocycles. The number of hydrogen-bond acceptors (Lipinski definition) is 4. The summed E-state index contributed by atoms with van der Waals surface area (Å²) in [5, 5.41) is 0. The van der Waals surface area contributed by atoms with Crippen molar-refractivity contribution in [1.29, 1.82) is 0 Å². The van der Waals surface area contributed by atoms with Crippen LogP contribution in [0.25, 0.3) is 0 Å². The number of carbonyl (C=O) groups is 1. The molecule has 0 spiro atoms. The van der Waals surface area contributed by atoms with E-state index in [9.17, 15) is 4.79 Å². The highest BCUT2D eigenvalue weighted by Crippen LogP contribution is 2.31. The van der Waals surface area contributed by atoms with Gasteiger partial charge in [0.2, 0.25) is 5.91 Å². The van der Waals surface area contributed by atoms with E-state index in [1.807, 2.05) is 66.2 Å². The highest BCUT2D eigenvalue weighted by molar-refractivity contribution is 5.98. The zero-order chi connectivity index (χ0) is 18.1. The summed E-state index contributed by atoms with van der Waals surface area (Å²) < 4.78 is 11.8. The molecular formula is C21H24N2O3. The van der Waals surface area contributed by atoms with E-state index in [4.69, 9.17) is 9.47 Å². The van der Waals surface area contributed by atoms with Crippen molar-refractivity contribution >= 4 is 11.6 Å². The van der Waals surface area contributed by atoms with Gasteiger partial charge >= 0.3 is 0 Å². The number of likely N-dealkylation sites (N-methyl/N-ethyl adjacent to an activating group) is 1. The Bertz CT molecular complexity index is 807. The van der Waals surface area contributed by atoms with Gasteiger partial charge in [0.1, 0.15) is 12.7 Å². The van der Waals surface area contributed by atoms with E-state index in [2.05, 4.69) is 6.07 Å². The number of fused-ring (bicyclic) bond motifs is 2. The van der Waals surface area contributed by atoms with Crippen LogP contribution < -0.4 is 14.4 Å². The lowest BCUT2D eigenvalue weighted by atomic mass is 10.1. The van der Waals surface area contributed by atoms with Gasteiger partial charge in [0.15, 0.2) is 11.5 Å². The predicted octanol–water partition coefficient (Wildman–Crippen LogP) is 2.74. The first-order valence-corrected chi connectivity index (χ1v) is 9.11. The molecule has 2 aliphatic heterocycles. The van der Waals surface area contributed by atoms with Crippen LogP contribution in [-0.2, 0) is 11.2 Å². The number of hydrogen-bond donors (Lipinski definition) is 0. The molecule has 1 amide bonds. The van der Waals surface area contributed by atoms with E-state index in [1.54, 1.807) is 0 Å². The van der Waals surface area contributed by atoms with Crippen molar-refractivity contribution in [2.24, 2.45) is 0 Å². The van der Waals surface area contributed by atoms with Gasteiger partial charge in [0.25, 0.3) is 0 Å². The van der Waals surface area contributed by atoms with Crippen molar-refractivity contribution < 1.29 is 14.3 Å². The van der Waals surface area contributed by atoms with Gasteiger partial charge in [-0.3, -0.25) is 9.69 Å². The average Bonchev–Trinajstić information content (AvgIpc) is 3.11. The number of para-hydroxylation sites is 3. The predicted molar refractivity (Wildman–Crippen MR) is 101 cm³/mol. The molecule has 2 atom stereocenters. The van der Waals surface area contributed by atoms with Crippen LogP contribution in [0, 0.1) is 0 Å². The van der Waals surface area contributed by atoms with Crippen molar-refractivity contribution in [2.75, 3.05) is 31.6 Å². The normalized spacial score (nSPS) is 19.3. The third-order valence-electron chi connectivity index (χ3n) is 5.23. The SMILES string of the molecule is C[C@H](C(=O)N1CCc2ccccc21)N(C)C[C@@H]1COc2ccccc2O1. The average molecular weight is 352 g/mol. The largest absolute Gasteiger partial charge is 0.486 e. The fraction of sp³-hybridized carbons (Fsp3) is 0.381. The second-order valence-corrected chi connectivity index (χ2v) is 6.98. The molecule has 0 radical (unpaired) electrons. The van der Waals surface area contributed by atoms with Crippen LogP contribution in [0.1, 0.15) is 12.5 Å². The van der Waals surface area contributed by atoms with E-state index in [0.717, 1.165) is 30.2 Å². The molecule has 26 heavy (non-hydrogen) atoms. The molecule has 5 nitrogen and oxygen atoms in total. The lowest BCUT2D eigenvalue weighted by Crippen LogP contribution is -2.49. The number of nitrogens with zero attached hydrogens (tertiary/aromatic N) is 2. The number of carbonyl (C=O) groups excluding carboxylic acids is 1. The summed E-state index contributed by atoms with van der Waals surface area (Å²) >= 11 is 0. The Morgan fingerprint density at radius 2 is 1.92 bits per heavy atom. The van der Waals surface area contributed by atoms with E-state index in [-0.39, 0.29) is 18.1 Å². The standard InChI is InChI=1S/C21H24N2O3/c1-15(21(24)23-12-11-16-7-3-4-8-18(16)23)22(2)13-17-14-25-19-9-5-6-10-20(19)26-17/h3-10,15,17H,11-14H2,1-2H3/t15-,17-/m1/s1. The zero-order valence-corrected chi connectivity index (χ0v) is 15.2. The summed E-state index contributed by atoms with van der Waals surface area (Å²) in [6, 6.07) is 15.6. The van der Waals surface area contributed by atoms with Gasteiger partial charge in [-0.15, -0.1) is 0 Å². The zero-order valence-electron chi connectivity index (χ0n) is 15.2. The molecule has 0 unspecified atom stereocenters. The fourth-order valence-corrected chi connectivity index (χ4v) is 3.61. The third-order valence-corrected chi connectivity index (χ3v) is 5.23. The highest BCUT2D eigenvalue weighted by Gasteiger charge is 2.31. The molecule has 0 N–H and O–H groups in total. The van der Waals surface area contributed by atoms with Gasteiger partial charge in [-0.2, -0.15) is 0 Å². The minimum atomic E-state index is -0.220. The smallest absolute Gasteiger partial charge is 0.244 e. The first-order chi connectivity index (χ1) is 12.6. The number of anilines is 1. The maximum atomic E-state index is 13.0. The molecule has 0 aliphatic carbocycles. The summed E-state index contributed by atoms with van der Waals surface area (Å²) in [5.74, 6) is 1.68. The molecule has 2 heterocycles. The molecule has 2 aromatic carbocycles. The summed E-state index contributed by atoms with van der Waals surface area (Å²) in [5.41, 5.74) is 2.29. The number of amides is 1. The second-order valence-electron chi connectivity index (χ2n) is 6.98. The van der Waals surface area contributed by atoms with Crippen molar-refractivity contribution in [3.8, 4) is 11.5 Å². The molecule has 2 aliphatic rings. The second kappa shape index (κ2) is 7.00. The van der Waals surface area contributed by atoms with Crippen LogP contribution in [0.15, 0.2) is 48.5 Å². The minimum absolute atomic E-state index is 0.0870. The van der Waals surface area contributed by atoms with Crippen molar-refractivity contribution in [3.05, 3.63) is 54.1 Å². The van der Waals surface area contributed by atoms with Gasteiger partial charge in [0.05, 0.1) is 6.04 Å². The van der Waals surface area contributed by atoms with E-state index >= 15 is 0 Å². The van der Waals surface area contributed by atoms with Gasteiger partial charge < -0.3 is 14.4 Å². The molecule has 4 rings (SSSR count).